The van der Waals surface area contributed by atoms with Gasteiger partial charge < -0.3 is 51.9 Å². The third-order valence-corrected chi connectivity index (χ3v) is 9.29. The van der Waals surface area contributed by atoms with Crippen molar-refractivity contribution in [3.63, 3.8) is 0 Å². The lowest BCUT2D eigenvalue weighted by molar-refractivity contribution is -0.144. The average molecular weight is 839 g/mol. The number of hydrogen-bond acceptors (Lipinski definition) is 13. The van der Waals surface area contributed by atoms with Crippen molar-refractivity contribution in [3.05, 3.63) is 29.6 Å². The highest BCUT2D eigenvalue weighted by Gasteiger charge is 2.29. The van der Waals surface area contributed by atoms with E-state index in [0.717, 1.165) is 0 Å². The largest absolute Gasteiger partial charge is 0.481 e. The molecule has 2 heterocycles. The number of pyridine rings is 1. The number of rotatable bonds is 26. The monoisotopic (exact) mass is 838 g/mol. The number of carboxylic acid groups (broad SMARTS) is 6. The fourth-order valence-electron chi connectivity index (χ4n) is 6.10. The molecule has 1 saturated heterocycles. The van der Waals surface area contributed by atoms with Crippen LogP contribution in [0.1, 0.15) is 74.0 Å². The number of aliphatic carboxylic acids is 5. The van der Waals surface area contributed by atoms with Gasteiger partial charge in [-0.3, -0.25) is 38.7 Å². The van der Waals surface area contributed by atoms with Crippen molar-refractivity contribution < 1.29 is 73.8 Å². The summed E-state index contributed by atoms with van der Waals surface area (Å²) in [6, 6.07) is -0.653. The van der Waals surface area contributed by atoms with Gasteiger partial charge in [-0.05, 0) is 50.7 Å². The van der Waals surface area contributed by atoms with Gasteiger partial charge in [0.05, 0.1) is 12.2 Å². The van der Waals surface area contributed by atoms with E-state index in [2.05, 4.69) is 20.9 Å². The summed E-state index contributed by atoms with van der Waals surface area (Å²) >= 11 is 0. The molecule has 0 radical (unpaired) electrons. The number of nitrogens with one attached hydrogen (secondary N) is 4. The molecule has 1 aliphatic rings. The summed E-state index contributed by atoms with van der Waals surface area (Å²) in [6.07, 6.45) is 0.0143. The van der Waals surface area contributed by atoms with Gasteiger partial charge in [0.25, 0.3) is 0 Å². The quantitative estimate of drug-likeness (QED) is 0.0488. The molecular formula is C36H54N8O15. The van der Waals surface area contributed by atoms with Gasteiger partial charge >= 0.3 is 41.8 Å². The molecule has 2 rings (SSSR count). The van der Waals surface area contributed by atoms with Crippen LogP contribution in [0.3, 0.4) is 0 Å². The molecule has 0 aromatic carbocycles. The van der Waals surface area contributed by atoms with Gasteiger partial charge in [-0.15, -0.1) is 0 Å². The minimum absolute atomic E-state index is 0.00703. The Bertz CT molecular complexity index is 1630. The number of nitrogens with zero attached hydrogens (tertiary/aromatic N) is 4. The van der Waals surface area contributed by atoms with Crippen molar-refractivity contribution in [1.82, 2.24) is 41.0 Å². The Morgan fingerprint density at radius 1 is 0.610 bits per heavy atom. The number of unbranched alkanes of at least 4 members (excludes halogenated alkanes) is 2. The van der Waals surface area contributed by atoms with Crippen molar-refractivity contribution in [2.45, 2.75) is 82.5 Å². The number of aromatic nitrogens is 1. The van der Waals surface area contributed by atoms with E-state index in [1.165, 1.54) is 6.07 Å². The van der Waals surface area contributed by atoms with Crippen molar-refractivity contribution >= 4 is 53.7 Å². The van der Waals surface area contributed by atoms with Crippen LogP contribution >= 0.6 is 0 Å². The molecule has 1 aliphatic heterocycles. The van der Waals surface area contributed by atoms with E-state index in [4.69, 9.17) is 10.2 Å². The van der Waals surface area contributed by atoms with Gasteiger partial charge in [-0.2, -0.15) is 0 Å². The fraction of sp³-hybridized carbons (Fsp3) is 0.611. The standard InChI is InChI=1S/C36H54N8O15/c45-28(10-7-25(33(53)54)40-36(59)41-26(34(55)56)8-12-30(47)48)37-13-2-1-3-14-38-29(46)11-9-27(35(57)58)44-19-17-42(15-16-43(18-20-44)22-31(49)50)21-23-5-4-6-24(39-23)32(51)52/h4-6,25-27H,1-3,7-22H2,(H,37,45)(H,38,46)(H,47,48)(H,49,50)(H,51,52)(H,53,54)(H,55,56)(H,57,58)(H2,40,41,59)/t25-,26-,27?/m0/s1. The molecule has 1 fully saturated rings. The van der Waals surface area contributed by atoms with Gasteiger partial charge in [0.1, 0.15) is 23.8 Å². The van der Waals surface area contributed by atoms with Gasteiger partial charge in [0, 0.05) is 78.2 Å². The highest BCUT2D eigenvalue weighted by molar-refractivity contribution is 5.87. The molecule has 0 spiro atoms. The lowest BCUT2D eigenvalue weighted by Gasteiger charge is -2.30. The highest BCUT2D eigenvalue weighted by Crippen LogP contribution is 2.13. The molecule has 10 N–H and O–H groups in total. The first-order valence-corrected chi connectivity index (χ1v) is 19.1. The second-order valence-electron chi connectivity index (χ2n) is 13.8. The number of aromatic carboxylic acids is 1. The third kappa shape index (κ3) is 20.4. The summed E-state index contributed by atoms with van der Waals surface area (Å²) in [7, 11) is 0. The molecule has 1 aromatic rings. The number of carbonyl (C=O) groups is 9. The zero-order valence-corrected chi connectivity index (χ0v) is 32.5. The molecule has 59 heavy (non-hydrogen) atoms. The maximum Gasteiger partial charge on any atom is 0.354 e. The van der Waals surface area contributed by atoms with Crippen molar-refractivity contribution in [1.29, 1.82) is 0 Å². The van der Waals surface area contributed by atoms with Crippen LogP contribution in [0.15, 0.2) is 18.2 Å². The first-order chi connectivity index (χ1) is 27.9. The summed E-state index contributed by atoms with van der Waals surface area (Å²) in [6.45, 7) is 2.52. The van der Waals surface area contributed by atoms with Crippen molar-refractivity contribution in [2.24, 2.45) is 0 Å². The minimum Gasteiger partial charge on any atom is -0.481 e. The first kappa shape index (κ1) is 49.2. The molecule has 1 aromatic heterocycles. The van der Waals surface area contributed by atoms with Crippen molar-refractivity contribution in [3.8, 4) is 0 Å². The Morgan fingerprint density at radius 2 is 1.14 bits per heavy atom. The van der Waals surface area contributed by atoms with E-state index in [0.29, 0.717) is 44.6 Å². The first-order valence-electron chi connectivity index (χ1n) is 19.1. The maximum atomic E-state index is 12.7. The normalized spacial score (nSPS) is 15.5. The third-order valence-electron chi connectivity index (χ3n) is 9.29. The molecule has 0 saturated carbocycles. The second-order valence-corrected chi connectivity index (χ2v) is 13.8. The Morgan fingerprint density at radius 3 is 1.66 bits per heavy atom. The fourth-order valence-corrected chi connectivity index (χ4v) is 6.10. The molecule has 0 bridgehead atoms. The highest BCUT2D eigenvalue weighted by atomic mass is 16.4. The molecule has 23 heteroatoms. The van der Waals surface area contributed by atoms with E-state index in [1.807, 2.05) is 10.2 Å². The molecule has 0 aliphatic carbocycles. The van der Waals surface area contributed by atoms with Crippen LogP contribution < -0.4 is 21.3 Å². The molecule has 1 unspecified atom stereocenters. The second kappa shape index (κ2) is 26.1. The van der Waals surface area contributed by atoms with E-state index in [1.54, 1.807) is 21.9 Å². The number of carboxylic acids is 6. The van der Waals surface area contributed by atoms with E-state index in [-0.39, 0.29) is 83.1 Å². The predicted octanol–water partition coefficient (Wildman–Crippen LogP) is -1.23. The topological polar surface area (TPSA) is 346 Å². The van der Waals surface area contributed by atoms with E-state index in [9.17, 15) is 63.6 Å². The zero-order chi connectivity index (χ0) is 43.9. The summed E-state index contributed by atoms with van der Waals surface area (Å²) in [5, 5.41) is 65.6. The van der Waals surface area contributed by atoms with Gasteiger partial charge in [-0.1, -0.05) is 6.07 Å². The van der Waals surface area contributed by atoms with Gasteiger partial charge in [0.2, 0.25) is 11.8 Å². The van der Waals surface area contributed by atoms with E-state index < -0.39 is 78.7 Å². The molecule has 4 amide bonds. The van der Waals surface area contributed by atoms with Gasteiger partial charge in [0.15, 0.2) is 0 Å². The van der Waals surface area contributed by atoms with Crippen LogP contribution in [-0.4, -0.2) is 181 Å². The Labute approximate surface area is 339 Å². The van der Waals surface area contributed by atoms with Crippen LogP contribution in [-0.2, 0) is 40.1 Å². The number of carbonyl (C=O) groups excluding carboxylic acids is 3. The summed E-state index contributed by atoms with van der Waals surface area (Å²) in [4.78, 5) is 115. The van der Waals surface area contributed by atoms with Crippen LogP contribution in [0.2, 0.25) is 0 Å². The van der Waals surface area contributed by atoms with Crippen LogP contribution in [0.25, 0.3) is 0 Å². The number of amides is 4. The van der Waals surface area contributed by atoms with Crippen molar-refractivity contribution in [2.75, 3.05) is 58.9 Å². The SMILES string of the molecule is O=C(O)CC[C@H](NC(=O)N[C@@H](CCC(=O)NCCCCCNC(=O)CCC(C(=O)O)N1CCN(CC(=O)O)CCN(Cc2cccc(C(=O)O)n2)CC1)C(=O)O)C(=O)O. The lowest BCUT2D eigenvalue weighted by atomic mass is 10.1. The summed E-state index contributed by atoms with van der Waals surface area (Å²) in [5.41, 5.74) is 0.373. The lowest BCUT2D eigenvalue weighted by Crippen LogP contribution is -2.51. The Balaban J connectivity index is 1.77. The minimum atomic E-state index is -1.57. The van der Waals surface area contributed by atoms with Crippen LogP contribution in [0.5, 0.6) is 0 Å². The smallest absolute Gasteiger partial charge is 0.354 e. The predicted molar refractivity (Wildman–Crippen MR) is 203 cm³/mol. The Kier molecular flexibility index (Phi) is 21.8. The van der Waals surface area contributed by atoms with Crippen LogP contribution in [0, 0.1) is 0 Å². The molecule has 328 valence electrons. The summed E-state index contributed by atoms with van der Waals surface area (Å²) < 4.78 is 0. The van der Waals surface area contributed by atoms with Crippen LogP contribution in [0.4, 0.5) is 4.79 Å². The molecular weight excluding hydrogens is 784 g/mol. The molecule has 23 nitrogen and oxygen atoms in total. The zero-order valence-electron chi connectivity index (χ0n) is 32.5. The number of hydrogen-bond donors (Lipinski definition) is 10. The number of urea groups is 1. The Hall–Kier alpha value is -5.94. The van der Waals surface area contributed by atoms with Gasteiger partial charge in [-0.25, -0.2) is 24.2 Å². The van der Waals surface area contributed by atoms with E-state index >= 15 is 0 Å². The summed E-state index contributed by atoms with van der Waals surface area (Å²) in [5.74, 6) is -8.45. The average Bonchev–Trinajstić information content (AvgIpc) is 3.25. The maximum absolute atomic E-state index is 12.7. The molecule has 3 atom stereocenters.